The van der Waals surface area contributed by atoms with Gasteiger partial charge in [0.25, 0.3) is 11.6 Å². The summed E-state index contributed by atoms with van der Waals surface area (Å²) < 4.78 is 11.7. The topological polar surface area (TPSA) is 81.9 Å². The van der Waals surface area contributed by atoms with E-state index in [0.29, 0.717) is 31.4 Å². The summed E-state index contributed by atoms with van der Waals surface area (Å²) >= 11 is 12.7. The van der Waals surface area contributed by atoms with Crippen LogP contribution in [0.3, 0.4) is 0 Å². The molecule has 0 bridgehead atoms. The molecule has 1 saturated heterocycles. The molecule has 34 heavy (non-hydrogen) atoms. The van der Waals surface area contributed by atoms with Crippen molar-refractivity contribution < 1.29 is 19.2 Å². The predicted octanol–water partition coefficient (Wildman–Crippen LogP) is 6.24. The number of rotatable bonds is 7. The van der Waals surface area contributed by atoms with Gasteiger partial charge in [-0.3, -0.25) is 19.8 Å². The van der Waals surface area contributed by atoms with Gasteiger partial charge in [-0.1, -0.05) is 59.8 Å². The second-order valence-corrected chi connectivity index (χ2v) is 9.16. The monoisotopic (exact) mass is 512 g/mol. The van der Waals surface area contributed by atoms with Crippen molar-refractivity contribution in [3.63, 3.8) is 0 Å². The third-order valence-corrected chi connectivity index (χ3v) is 6.61. The molecular weight excluding hydrogens is 496 g/mol. The van der Waals surface area contributed by atoms with Gasteiger partial charge in [0.15, 0.2) is 15.8 Å². The molecule has 0 spiro atoms. The van der Waals surface area contributed by atoms with Gasteiger partial charge in [0.05, 0.1) is 22.6 Å². The Bertz CT molecular complexity index is 1310. The van der Waals surface area contributed by atoms with Crippen LogP contribution in [-0.4, -0.2) is 22.3 Å². The molecule has 3 aromatic carbocycles. The molecule has 0 radical (unpaired) electrons. The van der Waals surface area contributed by atoms with E-state index in [1.54, 1.807) is 24.3 Å². The van der Waals surface area contributed by atoms with Crippen molar-refractivity contribution in [1.82, 2.24) is 0 Å². The van der Waals surface area contributed by atoms with Crippen LogP contribution >= 0.6 is 35.6 Å². The van der Waals surface area contributed by atoms with Crippen LogP contribution < -0.4 is 14.4 Å². The number of halogens is 1. The van der Waals surface area contributed by atoms with E-state index in [1.807, 2.05) is 24.3 Å². The maximum absolute atomic E-state index is 13.0. The lowest BCUT2D eigenvalue weighted by Gasteiger charge is -2.14. The third-order valence-electron chi connectivity index (χ3n) is 4.94. The van der Waals surface area contributed by atoms with Crippen LogP contribution in [0, 0.1) is 10.1 Å². The number of nitro groups is 1. The Balaban J connectivity index is 1.53. The fourth-order valence-corrected chi connectivity index (χ4v) is 4.72. The maximum atomic E-state index is 13.0. The molecule has 0 aromatic heterocycles. The zero-order valence-electron chi connectivity index (χ0n) is 17.8. The summed E-state index contributed by atoms with van der Waals surface area (Å²) in [6.45, 7) is 0.281. The van der Waals surface area contributed by atoms with Crippen molar-refractivity contribution in [2.24, 2.45) is 0 Å². The number of thiocarbonyl (C=S) groups is 1. The molecule has 0 atom stereocenters. The number of hydrogen-bond acceptors (Lipinski definition) is 7. The maximum Gasteiger partial charge on any atom is 0.270 e. The summed E-state index contributed by atoms with van der Waals surface area (Å²) in [6.07, 6.45) is 1.71. The Morgan fingerprint density at radius 3 is 2.53 bits per heavy atom. The number of carbonyl (C=O) groups excluding carboxylic acids is 1. The van der Waals surface area contributed by atoms with Gasteiger partial charge in [-0.15, -0.1) is 0 Å². The lowest BCUT2D eigenvalue weighted by molar-refractivity contribution is -0.384. The quantitative estimate of drug-likeness (QED) is 0.160. The Morgan fingerprint density at radius 1 is 1.12 bits per heavy atom. The second kappa shape index (κ2) is 10.3. The first-order chi connectivity index (χ1) is 16.4. The van der Waals surface area contributed by atoms with Crippen LogP contribution in [0.2, 0.25) is 5.02 Å². The van der Waals surface area contributed by atoms with Gasteiger partial charge in [0.1, 0.15) is 6.61 Å². The number of nitro benzene ring substituents is 1. The number of non-ortho nitro benzene ring substituents is 1. The number of carbonyl (C=O) groups is 1. The first kappa shape index (κ1) is 23.7. The number of nitrogens with zero attached hydrogens (tertiary/aromatic N) is 2. The largest absolute Gasteiger partial charge is 0.493 e. The summed E-state index contributed by atoms with van der Waals surface area (Å²) in [5.74, 6) is 0.742. The van der Waals surface area contributed by atoms with Gasteiger partial charge in [0, 0.05) is 22.7 Å². The molecule has 1 aliphatic rings. The molecule has 4 rings (SSSR count). The number of thioether (sulfide) groups is 1. The van der Waals surface area contributed by atoms with E-state index in [9.17, 15) is 14.9 Å². The molecule has 1 fully saturated rings. The third kappa shape index (κ3) is 5.06. The van der Waals surface area contributed by atoms with Crippen molar-refractivity contribution in [3.05, 3.63) is 97.9 Å². The van der Waals surface area contributed by atoms with Crippen molar-refractivity contribution >= 4 is 63.3 Å². The van der Waals surface area contributed by atoms with E-state index in [1.165, 1.54) is 36.3 Å². The van der Waals surface area contributed by atoms with Crippen molar-refractivity contribution in [2.45, 2.75) is 6.61 Å². The number of methoxy groups -OCH3 is 1. The van der Waals surface area contributed by atoms with Crippen LogP contribution in [0.4, 0.5) is 11.4 Å². The fourth-order valence-electron chi connectivity index (χ4n) is 3.23. The minimum absolute atomic E-state index is 0.0614. The van der Waals surface area contributed by atoms with Gasteiger partial charge in [0.2, 0.25) is 0 Å². The molecule has 1 heterocycles. The van der Waals surface area contributed by atoms with E-state index in [2.05, 4.69) is 0 Å². The van der Waals surface area contributed by atoms with Gasteiger partial charge in [-0.05, 0) is 42.0 Å². The molecule has 172 valence electrons. The van der Waals surface area contributed by atoms with Crippen LogP contribution in [0.15, 0.2) is 71.6 Å². The van der Waals surface area contributed by atoms with E-state index < -0.39 is 4.92 Å². The number of hydrogen-bond donors (Lipinski definition) is 0. The predicted molar refractivity (Wildman–Crippen MR) is 138 cm³/mol. The highest BCUT2D eigenvalue weighted by Gasteiger charge is 2.33. The number of amides is 1. The molecule has 0 saturated carbocycles. The van der Waals surface area contributed by atoms with Gasteiger partial charge < -0.3 is 9.47 Å². The minimum Gasteiger partial charge on any atom is -0.493 e. The Kier molecular flexibility index (Phi) is 7.16. The van der Waals surface area contributed by atoms with Crippen molar-refractivity contribution in [2.75, 3.05) is 12.0 Å². The Morgan fingerprint density at radius 2 is 1.85 bits per heavy atom. The number of benzene rings is 3. The van der Waals surface area contributed by atoms with E-state index >= 15 is 0 Å². The highest BCUT2D eigenvalue weighted by Crippen LogP contribution is 2.37. The highest BCUT2D eigenvalue weighted by atomic mass is 35.5. The van der Waals surface area contributed by atoms with Crippen LogP contribution in [0.1, 0.15) is 11.1 Å². The van der Waals surface area contributed by atoms with Crippen LogP contribution in [0.25, 0.3) is 6.08 Å². The summed E-state index contributed by atoms with van der Waals surface area (Å²) in [5, 5.41) is 11.5. The summed E-state index contributed by atoms with van der Waals surface area (Å²) in [7, 11) is 1.54. The van der Waals surface area contributed by atoms with Crippen molar-refractivity contribution in [3.8, 4) is 11.5 Å². The summed E-state index contributed by atoms with van der Waals surface area (Å²) in [5.41, 5.74) is 1.99. The standard InChI is InChI=1S/C24H17ClN2O5S2/c1-31-21-12-15(6-11-20(21)32-14-16-4-2-3-5-19(16)25)13-22-23(28)26(24(33)34-22)17-7-9-18(10-8-17)27(29)30/h2-13H,14H2,1H3/b22-13-. The van der Waals surface area contributed by atoms with Gasteiger partial charge in [-0.2, -0.15) is 0 Å². The van der Waals surface area contributed by atoms with Gasteiger partial charge in [-0.25, -0.2) is 0 Å². The first-order valence-corrected chi connectivity index (χ1v) is 11.5. The first-order valence-electron chi connectivity index (χ1n) is 9.94. The normalized spacial score (nSPS) is 14.5. The van der Waals surface area contributed by atoms with Gasteiger partial charge >= 0.3 is 0 Å². The Hall–Kier alpha value is -3.40. The van der Waals surface area contributed by atoms with Crippen LogP contribution in [-0.2, 0) is 11.4 Å². The van der Waals surface area contributed by atoms with E-state index in [0.717, 1.165) is 22.9 Å². The molecule has 10 heteroatoms. The lowest BCUT2D eigenvalue weighted by atomic mass is 10.1. The zero-order chi connectivity index (χ0) is 24.2. The number of anilines is 1. The SMILES string of the molecule is COc1cc(/C=C2\SC(=S)N(c3ccc([N+](=O)[O-])cc3)C2=O)ccc1OCc1ccccc1Cl. The molecule has 0 aliphatic carbocycles. The summed E-state index contributed by atoms with van der Waals surface area (Å²) in [6, 6.07) is 18.4. The second-order valence-electron chi connectivity index (χ2n) is 7.08. The molecule has 0 unspecified atom stereocenters. The minimum atomic E-state index is -0.497. The van der Waals surface area contributed by atoms with E-state index in [4.69, 9.17) is 33.3 Å². The molecule has 7 nitrogen and oxygen atoms in total. The zero-order valence-corrected chi connectivity index (χ0v) is 20.2. The molecule has 1 aliphatic heterocycles. The number of ether oxygens (including phenoxy) is 2. The fraction of sp³-hybridized carbons (Fsp3) is 0.0833. The molecule has 3 aromatic rings. The van der Waals surface area contributed by atoms with Crippen LogP contribution in [0.5, 0.6) is 11.5 Å². The highest BCUT2D eigenvalue weighted by molar-refractivity contribution is 8.27. The molecular formula is C24H17ClN2O5S2. The van der Waals surface area contributed by atoms with Crippen molar-refractivity contribution in [1.29, 1.82) is 0 Å². The van der Waals surface area contributed by atoms with E-state index in [-0.39, 0.29) is 18.2 Å². The molecule has 1 amide bonds. The molecule has 0 N–H and O–H groups in total. The Labute approximate surface area is 210 Å². The lowest BCUT2D eigenvalue weighted by Crippen LogP contribution is -2.27. The average Bonchev–Trinajstić information content (AvgIpc) is 3.11. The summed E-state index contributed by atoms with van der Waals surface area (Å²) in [4.78, 5) is 25.2. The average molecular weight is 513 g/mol. The smallest absolute Gasteiger partial charge is 0.270 e.